The molecule has 5 aromatic rings. The molecule has 5 aromatic carbocycles. The van der Waals surface area contributed by atoms with Gasteiger partial charge in [-0.2, -0.15) is 0 Å². The number of benzene rings is 5. The maximum Gasteiger partial charge on any atom is 0.313 e. The number of hydrogen-bond acceptors (Lipinski definition) is 6. The molecule has 1 saturated carbocycles. The average Bonchev–Trinajstić information content (AvgIpc) is 3.08. The number of hydrogen-bond donors (Lipinski definition) is 1. The molecular weight excluding hydrogens is 552 g/mol. The van der Waals surface area contributed by atoms with E-state index in [0.29, 0.717) is 19.6 Å². The highest BCUT2D eigenvalue weighted by Gasteiger charge is 2.74. The SMILES string of the molecule is OC1(Cc2ccc3ccccc3c2)[C@@H]2OC3(c4ccccc4)OC([C@H]2OCc2ccccc2)[C@H](OCc2ccccc2)[C@@H]1O3. The maximum absolute atomic E-state index is 12.8. The molecule has 44 heavy (non-hydrogen) atoms. The van der Waals surface area contributed by atoms with Crippen LogP contribution in [0.5, 0.6) is 0 Å². The Labute approximate surface area is 256 Å². The molecule has 0 amide bonds. The minimum absolute atomic E-state index is 0.293. The van der Waals surface area contributed by atoms with Gasteiger partial charge in [0.15, 0.2) is 0 Å². The highest BCUT2D eigenvalue weighted by molar-refractivity contribution is 5.83. The van der Waals surface area contributed by atoms with E-state index in [2.05, 4.69) is 30.3 Å². The van der Waals surface area contributed by atoms with Gasteiger partial charge in [-0.1, -0.05) is 133 Å². The van der Waals surface area contributed by atoms with Gasteiger partial charge in [-0.15, -0.1) is 0 Å². The Balaban J connectivity index is 1.20. The Kier molecular flexibility index (Phi) is 7.06. The topological polar surface area (TPSA) is 66.4 Å². The summed E-state index contributed by atoms with van der Waals surface area (Å²) in [6, 6.07) is 44.2. The Morgan fingerprint density at radius 2 is 1.07 bits per heavy atom. The molecule has 3 heterocycles. The fourth-order valence-corrected chi connectivity index (χ4v) is 6.95. The molecule has 1 N–H and O–H groups in total. The van der Waals surface area contributed by atoms with E-state index < -0.39 is 42.1 Å². The summed E-state index contributed by atoms with van der Waals surface area (Å²) in [7, 11) is 0. The van der Waals surface area contributed by atoms with Gasteiger partial charge in [-0.25, -0.2) is 0 Å². The molecule has 0 spiro atoms. The first-order valence-electron chi connectivity index (χ1n) is 15.2. The Morgan fingerprint density at radius 3 is 1.66 bits per heavy atom. The predicted molar refractivity (Wildman–Crippen MR) is 165 cm³/mol. The molecule has 4 bridgehead atoms. The van der Waals surface area contributed by atoms with Crippen LogP contribution in [0, 0.1) is 0 Å². The molecular formula is C38H34O6. The number of rotatable bonds is 9. The lowest BCUT2D eigenvalue weighted by Crippen LogP contribution is -2.83. The van der Waals surface area contributed by atoms with Gasteiger partial charge in [0.1, 0.15) is 36.1 Å². The summed E-state index contributed by atoms with van der Waals surface area (Å²) in [5, 5.41) is 15.1. The van der Waals surface area contributed by atoms with Crippen LogP contribution in [-0.4, -0.2) is 41.2 Å². The fourth-order valence-electron chi connectivity index (χ4n) is 6.95. The second kappa shape index (κ2) is 11.2. The van der Waals surface area contributed by atoms with Crippen LogP contribution in [0.25, 0.3) is 10.8 Å². The number of ether oxygens (including phenoxy) is 5. The van der Waals surface area contributed by atoms with Crippen molar-refractivity contribution >= 4 is 10.8 Å². The van der Waals surface area contributed by atoms with Gasteiger partial charge in [-0.05, 0) is 27.5 Å². The molecule has 0 aromatic heterocycles. The first kappa shape index (κ1) is 27.7. The third-order valence-electron chi connectivity index (χ3n) is 9.08. The third kappa shape index (κ3) is 4.85. The summed E-state index contributed by atoms with van der Waals surface area (Å²) >= 11 is 0. The van der Waals surface area contributed by atoms with E-state index >= 15 is 0 Å². The second-order valence-electron chi connectivity index (χ2n) is 12.0. The molecule has 4 aliphatic rings. The van der Waals surface area contributed by atoms with Gasteiger partial charge in [0.2, 0.25) is 0 Å². The summed E-state index contributed by atoms with van der Waals surface area (Å²) < 4.78 is 33.4. The molecule has 7 atom stereocenters. The van der Waals surface area contributed by atoms with E-state index in [1.54, 1.807) is 0 Å². The highest BCUT2D eigenvalue weighted by Crippen LogP contribution is 2.56. The minimum Gasteiger partial charge on any atom is -0.384 e. The predicted octanol–water partition coefficient (Wildman–Crippen LogP) is 6.29. The van der Waals surface area contributed by atoms with Gasteiger partial charge in [-0.3, -0.25) is 0 Å². The van der Waals surface area contributed by atoms with Crippen molar-refractivity contribution in [1.82, 2.24) is 0 Å². The zero-order valence-electron chi connectivity index (χ0n) is 24.2. The molecule has 3 aliphatic heterocycles. The quantitative estimate of drug-likeness (QED) is 0.219. The largest absolute Gasteiger partial charge is 0.384 e. The van der Waals surface area contributed by atoms with Gasteiger partial charge in [0.25, 0.3) is 0 Å². The summed E-state index contributed by atoms with van der Waals surface area (Å²) in [5.74, 6) is -1.48. The molecule has 4 fully saturated rings. The molecule has 3 unspecified atom stereocenters. The third-order valence-corrected chi connectivity index (χ3v) is 9.08. The van der Waals surface area contributed by atoms with Crippen molar-refractivity contribution in [3.05, 3.63) is 156 Å². The Hall–Kier alpha value is -3.88. The smallest absolute Gasteiger partial charge is 0.313 e. The van der Waals surface area contributed by atoms with Gasteiger partial charge >= 0.3 is 5.97 Å². The molecule has 1 aliphatic carbocycles. The summed E-state index contributed by atoms with van der Waals surface area (Å²) in [5.41, 5.74) is 2.29. The minimum atomic E-state index is -1.48. The first-order chi connectivity index (χ1) is 21.6. The molecule has 222 valence electrons. The van der Waals surface area contributed by atoms with Crippen molar-refractivity contribution in [2.75, 3.05) is 0 Å². The van der Waals surface area contributed by atoms with Gasteiger partial charge in [0.05, 0.1) is 13.2 Å². The van der Waals surface area contributed by atoms with Crippen LogP contribution in [0.4, 0.5) is 0 Å². The molecule has 3 saturated heterocycles. The van der Waals surface area contributed by atoms with E-state index in [1.807, 2.05) is 103 Å². The Morgan fingerprint density at radius 1 is 0.545 bits per heavy atom. The zero-order valence-corrected chi connectivity index (χ0v) is 24.2. The van der Waals surface area contributed by atoms with Crippen molar-refractivity contribution in [3.63, 3.8) is 0 Å². The van der Waals surface area contributed by atoms with Crippen molar-refractivity contribution in [3.8, 4) is 0 Å². The standard InChI is InChI=1S/C38H34O6/c39-37(23-28-20-21-29-16-10-11-17-30(29)22-28)35-33(40-24-26-12-4-1-5-13-26)32-34(41-25-27-14-6-2-7-15-27)36(37)44-38(42-32,43-35)31-18-8-3-9-19-31/h1-22,32-36,39H,23-25H2/t32?,33-,34+,35-,36+,37?,38?. The number of fused-ring (bicyclic) bond motifs is 1. The lowest BCUT2D eigenvalue weighted by Gasteiger charge is -2.66. The zero-order chi connectivity index (χ0) is 29.6. The van der Waals surface area contributed by atoms with Crippen molar-refractivity contribution in [1.29, 1.82) is 0 Å². The molecule has 6 heteroatoms. The summed E-state index contributed by atoms with van der Waals surface area (Å²) in [4.78, 5) is 0. The van der Waals surface area contributed by atoms with Crippen molar-refractivity contribution in [2.45, 2.75) is 61.7 Å². The fraction of sp³-hybridized carbons (Fsp3) is 0.263. The second-order valence-corrected chi connectivity index (χ2v) is 12.0. The van der Waals surface area contributed by atoms with Gasteiger partial charge < -0.3 is 28.8 Å². The number of aliphatic hydroxyl groups is 1. The van der Waals surface area contributed by atoms with E-state index in [4.69, 9.17) is 23.7 Å². The first-order valence-corrected chi connectivity index (χ1v) is 15.2. The van der Waals surface area contributed by atoms with Crippen LogP contribution in [0.15, 0.2) is 133 Å². The molecule has 0 radical (unpaired) electrons. The summed E-state index contributed by atoms with van der Waals surface area (Å²) in [6.07, 6.45) is -2.96. The van der Waals surface area contributed by atoms with E-state index in [-0.39, 0.29) is 0 Å². The Bertz CT molecular complexity index is 1660. The highest BCUT2D eigenvalue weighted by atomic mass is 16.9. The lowest BCUT2D eigenvalue weighted by atomic mass is 9.69. The van der Waals surface area contributed by atoms with Crippen LogP contribution < -0.4 is 0 Å². The van der Waals surface area contributed by atoms with Gasteiger partial charge in [0, 0.05) is 12.0 Å². The molecule has 9 rings (SSSR count). The van der Waals surface area contributed by atoms with Crippen LogP contribution in [0.1, 0.15) is 22.3 Å². The van der Waals surface area contributed by atoms with E-state index in [1.165, 1.54) is 0 Å². The van der Waals surface area contributed by atoms with Crippen LogP contribution in [0.2, 0.25) is 0 Å². The van der Waals surface area contributed by atoms with Crippen molar-refractivity contribution in [2.24, 2.45) is 0 Å². The summed E-state index contributed by atoms with van der Waals surface area (Å²) in [6.45, 7) is 0.680. The average molecular weight is 587 g/mol. The monoisotopic (exact) mass is 586 g/mol. The van der Waals surface area contributed by atoms with Crippen LogP contribution in [0.3, 0.4) is 0 Å². The van der Waals surface area contributed by atoms with Crippen molar-refractivity contribution < 1.29 is 28.8 Å². The van der Waals surface area contributed by atoms with E-state index in [0.717, 1.165) is 33.0 Å². The lowest BCUT2D eigenvalue weighted by molar-refractivity contribution is -0.566. The van der Waals surface area contributed by atoms with Crippen LogP contribution in [-0.2, 0) is 49.3 Å². The normalized spacial score (nSPS) is 30.5. The van der Waals surface area contributed by atoms with E-state index in [9.17, 15) is 5.11 Å². The molecule has 6 nitrogen and oxygen atoms in total. The van der Waals surface area contributed by atoms with Crippen LogP contribution >= 0.6 is 0 Å². The maximum atomic E-state index is 12.8.